The van der Waals surface area contributed by atoms with Crippen LogP contribution in [0.3, 0.4) is 0 Å². The summed E-state index contributed by atoms with van der Waals surface area (Å²) in [6.07, 6.45) is -6.64. The molecule has 2 rings (SSSR count). The summed E-state index contributed by atoms with van der Waals surface area (Å²) in [5.74, 6) is -5.12. The van der Waals surface area contributed by atoms with Gasteiger partial charge in [0.15, 0.2) is 11.0 Å². The van der Waals surface area contributed by atoms with Crippen LogP contribution in [0.15, 0.2) is 0 Å². The zero-order valence-electron chi connectivity index (χ0n) is 17.5. The van der Waals surface area contributed by atoms with Gasteiger partial charge in [-0.2, -0.15) is 22.0 Å². The van der Waals surface area contributed by atoms with Crippen LogP contribution in [-0.4, -0.2) is 47.7 Å². The lowest BCUT2D eigenvalue weighted by Crippen LogP contribution is -2.38. The number of carbonyl (C=O) groups is 1. The number of alkyl halides is 5. The Kier molecular flexibility index (Phi) is 9.71. The Bertz CT molecular complexity index is 708. The summed E-state index contributed by atoms with van der Waals surface area (Å²) in [6, 6.07) is 0. The van der Waals surface area contributed by atoms with Crippen LogP contribution in [0.1, 0.15) is 51.4 Å². The number of aryl methyl sites for hydroxylation is 2. The lowest BCUT2D eigenvalue weighted by molar-refractivity contribution is -0.284. The third-order valence-electron chi connectivity index (χ3n) is 4.61. The predicted octanol–water partition coefficient (Wildman–Crippen LogP) is 5.37. The highest BCUT2D eigenvalue weighted by Gasteiger charge is 2.56. The van der Waals surface area contributed by atoms with E-state index in [-0.39, 0.29) is 34.2 Å². The van der Waals surface area contributed by atoms with Crippen LogP contribution in [0.2, 0.25) is 5.15 Å². The molecule has 0 saturated carbocycles. The number of aromatic nitrogens is 2. The van der Waals surface area contributed by atoms with E-state index in [4.69, 9.17) is 16.3 Å². The van der Waals surface area contributed by atoms with Crippen molar-refractivity contribution in [2.24, 2.45) is 5.92 Å². The van der Waals surface area contributed by atoms with Crippen molar-refractivity contribution in [3.8, 4) is 0 Å². The summed E-state index contributed by atoms with van der Waals surface area (Å²) in [6.45, 7) is 8.30. The summed E-state index contributed by atoms with van der Waals surface area (Å²) in [5, 5.41) is 0.0402. The van der Waals surface area contributed by atoms with Crippen LogP contribution in [0.4, 0.5) is 27.8 Å². The minimum Gasteiger partial charge on any atom is -0.466 e. The molecule has 0 atom stereocenters. The largest absolute Gasteiger partial charge is 0.466 e. The highest BCUT2D eigenvalue weighted by atomic mass is 35.5. The van der Waals surface area contributed by atoms with Crippen LogP contribution in [0.25, 0.3) is 0 Å². The van der Waals surface area contributed by atoms with Crippen molar-refractivity contribution in [1.29, 1.82) is 0 Å². The molecule has 0 bridgehead atoms. The molecule has 2 heterocycles. The highest BCUT2D eigenvalue weighted by Crippen LogP contribution is 2.39. The monoisotopic (exact) mass is 459 g/mol. The molecule has 0 aromatic carbocycles. The molecular formula is C19H27ClF5N3O2. The van der Waals surface area contributed by atoms with Crippen molar-refractivity contribution in [2.45, 2.75) is 65.5 Å². The summed E-state index contributed by atoms with van der Waals surface area (Å²) < 4.78 is 68.5. The number of carbonyl (C=O) groups excluding carboxylic acids is 1. The predicted molar refractivity (Wildman–Crippen MR) is 104 cm³/mol. The van der Waals surface area contributed by atoms with Crippen molar-refractivity contribution in [3.05, 3.63) is 16.5 Å². The van der Waals surface area contributed by atoms with E-state index in [1.54, 1.807) is 11.8 Å². The number of ether oxygens (including phenoxy) is 1. The molecule has 172 valence electrons. The van der Waals surface area contributed by atoms with Gasteiger partial charge in [0.05, 0.1) is 23.9 Å². The Morgan fingerprint density at radius 1 is 1.17 bits per heavy atom. The molecule has 1 fully saturated rings. The zero-order chi connectivity index (χ0) is 23.1. The van der Waals surface area contributed by atoms with Crippen molar-refractivity contribution in [3.63, 3.8) is 0 Å². The van der Waals surface area contributed by atoms with E-state index in [2.05, 4.69) is 9.97 Å². The molecule has 0 aliphatic carbocycles. The molecule has 0 radical (unpaired) electrons. The maximum absolute atomic E-state index is 13.2. The fraction of sp³-hybridized carbons (Fsp3) is 0.737. The van der Waals surface area contributed by atoms with Gasteiger partial charge in [-0.05, 0) is 33.1 Å². The molecule has 0 spiro atoms. The summed E-state index contributed by atoms with van der Waals surface area (Å²) in [4.78, 5) is 21.8. The summed E-state index contributed by atoms with van der Waals surface area (Å²) in [5.41, 5.74) is 0.240. The number of halogens is 6. The maximum Gasteiger partial charge on any atom is 0.453 e. The number of esters is 1. The molecule has 0 N–H and O–H groups in total. The number of nitrogens with zero attached hydrogens (tertiary/aromatic N) is 3. The number of anilines is 1. The van der Waals surface area contributed by atoms with Crippen molar-refractivity contribution in [1.82, 2.24) is 9.97 Å². The van der Waals surface area contributed by atoms with Gasteiger partial charge in [-0.1, -0.05) is 25.4 Å². The first-order chi connectivity index (χ1) is 14.0. The molecule has 1 aliphatic rings. The Balaban J connectivity index is 0.00000218. The fourth-order valence-corrected chi connectivity index (χ4v) is 3.25. The summed E-state index contributed by atoms with van der Waals surface area (Å²) in [7, 11) is 0. The van der Waals surface area contributed by atoms with Crippen LogP contribution in [0, 0.1) is 12.8 Å². The van der Waals surface area contributed by atoms with E-state index >= 15 is 0 Å². The standard InChI is InChI=1S/C17H21ClF5N3O2.C2H6/c1-3-28-15(27)11-5-8-26(9-6-11)14-13(18)24-10(2)12(25-14)4-7-16(19,20)17(21,22)23;1-2/h11H,3-9H2,1-2H3;1-2H3. The normalized spacial score (nSPS) is 15.5. The van der Waals surface area contributed by atoms with Crippen molar-refractivity contribution < 1.29 is 31.5 Å². The Labute approximate surface area is 178 Å². The van der Waals surface area contributed by atoms with Gasteiger partial charge in [-0.25, -0.2) is 9.97 Å². The van der Waals surface area contributed by atoms with Gasteiger partial charge in [-0.15, -0.1) is 0 Å². The zero-order valence-corrected chi connectivity index (χ0v) is 18.2. The minimum absolute atomic E-state index is 0.0378. The average Bonchev–Trinajstić information content (AvgIpc) is 2.68. The molecule has 0 amide bonds. The lowest BCUT2D eigenvalue weighted by Gasteiger charge is -2.32. The second kappa shape index (κ2) is 11.1. The van der Waals surface area contributed by atoms with Crippen LogP contribution in [-0.2, 0) is 16.0 Å². The van der Waals surface area contributed by atoms with Crippen LogP contribution in [0.5, 0.6) is 0 Å². The van der Waals surface area contributed by atoms with Crippen molar-refractivity contribution >= 4 is 23.4 Å². The number of hydrogen-bond donors (Lipinski definition) is 0. The van der Waals surface area contributed by atoms with E-state index in [1.165, 1.54) is 6.92 Å². The molecular weight excluding hydrogens is 433 g/mol. The topological polar surface area (TPSA) is 55.3 Å². The lowest BCUT2D eigenvalue weighted by atomic mass is 9.97. The fourth-order valence-electron chi connectivity index (χ4n) is 2.96. The van der Waals surface area contributed by atoms with Gasteiger partial charge in [0.25, 0.3) is 0 Å². The number of piperidine rings is 1. The quantitative estimate of drug-likeness (QED) is 0.422. The first-order valence-electron chi connectivity index (χ1n) is 9.85. The van der Waals surface area contributed by atoms with Gasteiger partial charge in [-0.3, -0.25) is 4.79 Å². The number of hydrogen-bond acceptors (Lipinski definition) is 5. The first-order valence-corrected chi connectivity index (χ1v) is 10.2. The van der Waals surface area contributed by atoms with Gasteiger partial charge in [0.2, 0.25) is 0 Å². The highest BCUT2D eigenvalue weighted by molar-refractivity contribution is 6.31. The van der Waals surface area contributed by atoms with Gasteiger partial charge in [0.1, 0.15) is 0 Å². The van der Waals surface area contributed by atoms with Gasteiger partial charge in [0, 0.05) is 19.5 Å². The SMILES string of the molecule is CC.CCOC(=O)C1CCN(c2nc(CCC(F)(F)C(F)(F)F)c(C)nc2Cl)CC1. The Morgan fingerprint density at radius 2 is 1.73 bits per heavy atom. The van der Waals surface area contributed by atoms with E-state index in [0.717, 1.165) is 0 Å². The Morgan fingerprint density at radius 3 is 2.23 bits per heavy atom. The molecule has 5 nitrogen and oxygen atoms in total. The smallest absolute Gasteiger partial charge is 0.453 e. The molecule has 1 aromatic heterocycles. The third kappa shape index (κ3) is 6.65. The van der Waals surface area contributed by atoms with Crippen LogP contribution < -0.4 is 4.90 Å². The van der Waals surface area contributed by atoms with E-state index in [0.29, 0.717) is 32.5 Å². The van der Waals surface area contributed by atoms with E-state index in [1.807, 2.05) is 13.8 Å². The third-order valence-corrected chi connectivity index (χ3v) is 4.87. The molecule has 0 unspecified atom stereocenters. The molecule has 1 aliphatic heterocycles. The first kappa shape index (κ1) is 26.3. The minimum atomic E-state index is -5.61. The average molecular weight is 460 g/mol. The molecule has 1 saturated heterocycles. The van der Waals surface area contributed by atoms with Crippen molar-refractivity contribution in [2.75, 3.05) is 24.6 Å². The van der Waals surface area contributed by atoms with Gasteiger partial charge < -0.3 is 9.64 Å². The second-order valence-corrected chi connectivity index (χ2v) is 6.94. The van der Waals surface area contributed by atoms with Crippen LogP contribution >= 0.6 is 11.6 Å². The molecule has 1 aromatic rings. The molecule has 30 heavy (non-hydrogen) atoms. The number of rotatable bonds is 6. The Hall–Kier alpha value is -1.71. The van der Waals surface area contributed by atoms with E-state index in [9.17, 15) is 26.7 Å². The summed E-state index contributed by atoms with van der Waals surface area (Å²) >= 11 is 6.11. The van der Waals surface area contributed by atoms with E-state index < -0.39 is 24.9 Å². The maximum atomic E-state index is 13.2. The molecule has 11 heteroatoms. The van der Waals surface area contributed by atoms with Gasteiger partial charge >= 0.3 is 18.1 Å². The second-order valence-electron chi connectivity index (χ2n) is 6.59.